The van der Waals surface area contributed by atoms with E-state index in [9.17, 15) is 18.0 Å². The second-order valence-electron chi connectivity index (χ2n) is 7.86. The third-order valence-corrected chi connectivity index (χ3v) is 5.61. The highest BCUT2D eigenvalue weighted by molar-refractivity contribution is 5.91. The predicted molar refractivity (Wildman–Crippen MR) is 113 cm³/mol. The summed E-state index contributed by atoms with van der Waals surface area (Å²) >= 11 is 0. The molecular formula is C20H18F3N9O2. The molecule has 1 fully saturated rings. The van der Waals surface area contributed by atoms with Gasteiger partial charge in [-0.05, 0) is 19.1 Å². The van der Waals surface area contributed by atoms with Gasteiger partial charge in [-0.15, -0.1) is 0 Å². The van der Waals surface area contributed by atoms with Gasteiger partial charge in [-0.2, -0.15) is 23.4 Å². The van der Waals surface area contributed by atoms with Crippen LogP contribution in [-0.2, 0) is 13.2 Å². The molecule has 1 saturated heterocycles. The first-order valence-corrected chi connectivity index (χ1v) is 10.1. The molecular weight excluding hydrogens is 455 g/mol. The van der Waals surface area contributed by atoms with Gasteiger partial charge < -0.3 is 15.3 Å². The highest BCUT2D eigenvalue weighted by atomic mass is 19.4. The number of pyridine rings is 1. The molecule has 0 atom stereocenters. The Hall–Kier alpha value is -4.23. The van der Waals surface area contributed by atoms with Gasteiger partial charge in [0.2, 0.25) is 0 Å². The number of hydrogen-bond acceptors (Lipinski definition) is 7. The largest absolute Gasteiger partial charge is 0.465 e. The van der Waals surface area contributed by atoms with Crippen LogP contribution in [0.2, 0.25) is 0 Å². The third kappa shape index (κ3) is 3.56. The molecule has 5 rings (SSSR count). The molecule has 0 aliphatic carbocycles. The van der Waals surface area contributed by atoms with Crippen molar-refractivity contribution in [2.75, 3.05) is 18.0 Å². The minimum absolute atomic E-state index is 0.231. The number of carboxylic acid groups (broad SMARTS) is 1. The summed E-state index contributed by atoms with van der Waals surface area (Å²) in [6.45, 7) is 2.61. The zero-order valence-corrected chi connectivity index (χ0v) is 17.9. The van der Waals surface area contributed by atoms with Crippen molar-refractivity contribution in [1.82, 2.24) is 39.7 Å². The van der Waals surface area contributed by atoms with Gasteiger partial charge >= 0.3 is 12.3 Å². The third-order valence-electron chi connectivity index (χ3n) is 5.61. The molecule has 14 heteroatoms. The van der Waals surface area contributed by atoms with Crippen LogP contribution in [-0.4, -0.2) is 64.7 Å². The number of hydrogen-bond donors (Lipinski definition) is 2. The molecule has 0 bridgehead atoms. The van der Waals surface area contributed by atoms with Gasteiger partial charge in [-0.1, -0.05) is 0 Å². The lowest BCUT2D eigenvalue weighted by atomic mass is 10.1. The molecule has 0 aromatic carbocycles. The van der Waals surface area contributed by atoms with Crippen LogP contribution < -0.4 is 10.2 Å². The lowest BCUT2D eigenvalue weighted by Gasteiger charge is -2.39. The van der Waals surface area contributed by atoms with E-state index in [1.165, 1.54) is 17.1 Å². The Labute approximate surface area is 189 Å². The van der Waals surface area contributed by atoms with E-state index >= 15 is 0 Å². The Balaban J connectivity index is 1.60. The molecule has 11 nitrogen and oxygen atoms in total. The van der Waals surface area contributed by atoms with Crippen molar-refractivity contribution >= 4 is 17.4 Å². The maximum Gasteiger partial charge on any atom is 0.417 e. The van der Waals surface area contributed by atoms with E-state index in [-0.39, 0.29) is 6.04 Å². The molecule has 0 spiro atoms. The fraction of sp³-hybridized carbons (Fsp3) is 0.300. The van der Waals surface area contributed by atoms with Crippen LogP contribution >= 0.6 is 0 Å². The summed E-state index contributed by atoms with van der Waals surface area (Å²) in [4.78, 5) is 25.9. The fourth-order valence-corrected chi connectivity index (χ4v) is 4.01. The minimum Gasteiger partial charge on any atom is -0.465 e. The monoisotopic (exact) mass is 473 g/mol. The first kappa shape index (κ1) is 21.6. The lowest BCUT2D eigenvalue weighted by Crippen LogP contribution is -2.59. The lowest BCUT2D eigenvalue weighted by molar-refractivity contribution is -0.137. The number of carbonyl (C=O) groups is 1. The molecule has 176 valence electrons. The number of nitrogens with zero attached hydrogens (tertiary/aromatic N) is 8. The van der Waals surface area contributed by atoms with Gasteiger partial charge in [0.25, 0.3) is 0 Å². The summed E-state index contributed by atoms with van der Waals surface area (Å²) in [6.07, 6.45) is -1.84. The maximum atomic E-state index is 13.0. The van der Waals surface area contributed by atoms with Crippen LogP contribution in [0.1, 0.15) is 11.4 Å². The molecule has 1 amide bonds. The van der Waals surface area contributed by atoms with Gasteiger partial charge in [-0.3, -0.25) is 9.67 Å². The van der Waals surface area contributed by atoms with Crippen LogP contribution in [0.15, 0.2) is 30.9 Å². The molecule has 1 aliphatic heterocycles. The van der Waals surface area contributed by atoms with E-state index < -0.39 is 17.8 Å². The standard InChI is InChI=1S/C20H18F3N9O2/c1-10-28-15(17-18(25-9-27-32(10)17)31-7-12(8-31)29-19(33)34)13-6-26-30(2)16(13)14-4-3-11(5-24-14)20(21,22)23/h3-6,9,12,29H,7-8H2,1-2H3,(H,33,34). The molecule has 0 radical (unpaired) electrons. The quantitative estimate of drug-likeness (QED) is 0.463. The number of rotatable bonds is 4. The van der Waals surface area contributed by atoms with E-state index in [2.05, 4.69) is 30.5 Å². The molecule has 34 heavy (non-hydrogen) atoms. The van der Waals surface area contributed by atoms with E-state index in [1.54, 1.807) is 24.7 Å². The topological polar surface area (TPSA) is 126 Å². The van der Waals surface area contributed by atoms with Crippen LogP contribution in [0.3, 0.4) is 0 Å². The summed E-state index contributed by atoms with van der Waals surface area (Å²) in [6, 6.07) is 2.04. The van der Waals surface area contributed by atoms with Gasteiger partial charge in [0.15, 0.2) is 5.82 Å². The number of halogens is 3. The Morgan fingerprint density at radius 1 is 1.18 bits per heavy atom. The van der Waals surface area contributed by atoms with E-state index in [0.29, 0.717) is 52.9 Å². The van der Waals surface area contributed by atoms with Gasteiger partial charge in [-0.25, -0.2) is 19.3 Å². The van der Waals surface area contributed by atoms with Crippen molar-refractivity contribution in [2.45, 2.75) is 19.1 Å². The number of fused-ring (bicyclic) bond motifs is 1. The number of imidazole rings is 1. The summed E-state index contributed by atoms with van der Waals surface area (Å²) in [5, 5.41) is 19.9. The Kier molecular flexibility index (Phi) is 4.88. The highest BCUT2D eigenvalue weighted by Crippen LogP contribution is 2.37. The maximum absolute atomic E-state index is 13.0. The Morgan fingerprint density at radius 3 is 2.59 bits per heavy atom. The summed E-state index contributed by atoms with van der Waals surface area (Å²) in [5.74, 6) is 1.13. The summed E-state index contributed by atoms with van der Waals surface area (Å²) in [5.41, 5.74) is 1.56. The van der Waals surface area contributed by atoms with Crippen LogP contribution in [0.25, 0.3) is 28.2 Å². The first-order valence-electron chi connectivity index (χ1n) is 10.1. The fourth-order valence-electron chi connectivity index (χ4n) is 4.01. The van der Waals surface area contributed by atoms with Crippen molar-refractivity contribution in [3.63, 3.8) is 0 Å². The smallest absolute Gasteiger partial charge is 0.417 e. The summed E-state index contributed by atoms with van der Waals surface area (Å²) < 4.78 is 42.1. The number of aromatic nitrogens is 7. The predicted octanol–water partition coefficient (Wildman–Crippen LogP) is 2.37. The van der Waals surface area contributed by atoms with Crippen LogP contribution in [0, 0.1) is 6.92 Å². The second kappa shape index (κ2) is 7.67. The van der Waals surface area contributed by atoms with E-state index in [0.717, 1.165) is 12.3 Å². The average Bonchev–Trinajstić information content (AvgIpc) is 3.30. The number of amides is 1. The summed E-state index contributed by atoms with van der Waals surface area (Å²) in [7, 11) is 1.67. The average molecular weight is 473 g/mol. The first-order chi connectivity index (χ1) is 16.1. The second-order valence-corrected chi connectivity index (χ2v) is 7.86. The molecule has 2 N–H and O–H groups in total. The minimum atomic E-state index is -4.49. The van der Waals surface area contributed by atoms with Gasteiger partial charge in [0.05, 0.1) is 34.8 Å². The number of anilines is 1. The van der Waals surface area contributed by atoms with Crippen molar-refractivity contribution in [2.24, 2.45) is 7.05 Å². The molecule has 5 heterocycles. The van der Waals surface area contributed by atoms with Crippen LogP contribution in [0.5, 0.6) is 0 Å². The van der Waals surface area contributed by atoms with Crippen molar-refractivity contribution in [1.29, 1.82) is 0 Å². The van der Waals surface area contributed by atoms with Gasteiger partial charge in [0.1, 0.15) is 23.4 Å². The molecule has 0 unspecified atom stereocenters. The van der Waals surface area contributed by atoms with Crippen LogP contribution in [0.4, 0.5) is 23.8 Å². The molecule has 4 aromatic rings. The Bertz CT molecular complexity index is 1390. The highest BCUT2D eigenvalue weighted by Gasteiger charge is 2.33. The number of aryl methyl sites for hydroxylation is 2. The molecule has 4 aromatic heterocycles. The Morgan fingerprint density at radius 2 is 1.94 bits per heavy atom. The zero-order valence-electron chi connectivity index (χ0n) is 17.9. The van der Waals surface area contributed by atoms with E-state index in [4.69, 9.17) is 5.11 Å². The number of nitrogens with one attached hydrogen (secondary N) is 1. The molecule has 1 aliphatic rings. The zero-order chi connectivity index (χ0) is 24.2. The van der Waals surface area contributed by atoms with Crippen molar-refractivity contribution in [3.8, 4) is 22.6 Å². The molecule has 0 saturated carbocycles. The van der Waals surface area contributed by atoms with Crippen molar-refractivity contribution in [3.05, 3.63) is 42.2 Å². The van der Waals surface area contributed by atoms with Crippen molar-refractivity contribution < 1.29 is 23.1 Å². The normalized spacial score (nSPS) is 14.4. The van der Waals surface area contributed by atoms with Gasteiger partial charge in [0, 0.05) is 26.3 Å². The number of alkyl halides is 3. The van der Waals surface area contributed by atoms with E-state index in [1.807, 2.05) is 4.90 Å². The SMILES string of the molecule is Cc1nc(-c2cnn(C)c2-c2ccc(C(F)(F)F)cn2)c2c(N3CC(NC(=O)O)C3)ncnn12.